The normalized spacial score (nSPS) is 11.4. The zero-order valence-electron chi connectivity index (χ0n) is 17.8. The van der Waals surface area contributed by atoms with Gasteiger partial charge in [-0.2, -0.15) is 13.2 Å². The summed E-state index contributed by atoms with van der Waals surface area (Å²) in [5, 5.41) is 5.82. The number of fused-ring (bicyclic) bond motifs is 1. The molecule has 0 aliphatic heterocycles. The molecule has 0 fully saturated rings. The van der Waals surface area contributed by atoms with Gasteiger partial charge in [0.2, 0.25) is 0 Å². The van der Waals surface area contributed by atoms with Crippen LogP contribution in [0.5, 0.6) is 0 Å². The topological polar surface area (TPSA) is 102 Å². The molecule has 0 saturated carbocycles. The highest BCUT2D eigenvalue weighted by atomic mass is 19.4. The zero-order valence-corrected chi connectivity index (χ0v) is 17.8. The summed E-state index contributed by atoms with van der Waals surface area (Å²) < 4.78 is 40.0. The predicted octanol–water partition coefficient (Wildman–Crippen LogP) is 4.52. The maximum atomic E-state index is 12.8. The Balaban J connectivity index is 1.53. The minimum absolute atomic E-state index is 0.180. The molecule has 0 saturated heterocycles. The first-order chi connectivity index (χ1) is 16.2. The molecule has 2 aromatic carbocycles. The summed E-state index contributed by atoms with van der Waals surface area (Å²) in [6.45, 7) is 0.512. The number of amides is 3. The molecule has 10 heteroatoms. The van der Waals surface area contributed by atoms with Crippen LogP contribution < -0.4 is 16.4 Å². The van der Waals surface area contributed by atoms with Crippen molar-refractivity contribution < 1.29 is 22.8 Å². The van der Waals surface area contributed by atoms with Crippen LogP contribution in [0.3, 0.4) is 0 Å². The molecule has 2 heterocycles. The van der Waals surface area contributed by atoms with Crippen molar-refractivity contribution in [3.8, 4) is 0 Å². The lowest BCUT2D eigenvalue weighted by molar-refractivity contribution is -0.137. The summed E-state index contributed by atoms with van der Waals surface area (Å²) in [4.78, 5) is 28.6. The Hall–Kier alpha value is -4.34. The Kier molecular flexibility index (Phi) is 6.22. The number of rotatable bonds is 6. The van der Waals surface area contributed by atoms with E-state index in [-0.39, 0.29) is 12.1 Å². The number of benzene rings is 2. The average molecular weight is 467 g/mol. The van der Waals surface area contributed by atoms with Crippen molar-refractivity contribution >= 4 is 28.7 Å². The van der Waals surface area contributed by atoms with Gasteiger partial charge < -0.3 is 20.9 Å². The highest BCUT2D eigenvalue weighted by Crippen LogP contribution is 2.29. The number of carbonyl (C=O) groups is 2. The number of nitrogens with zero attached hydrogens (tertiary/aromatic N) is 2. The second-order valence-corrected chi connectivity index (χ2v) is 7.62. The van der Waals surface area contributed by atoms with Crippen LogP contribution in [0.2, 0.25) is 0 Å². The number of halogens is 3. The SMILES string of the molecule is NC(=O)c1cn(Cc2ccc(C(F)(F)F)cc2)c2ncc(NC(=O)NCc3ccccc3)cc12. The number of primary amides is 1. The number of pyridine rings is 1. The van der Waals surface area contributed by atoms with Gasteiger partial charge in [0.05, 0.1) is 23.0 Å². The number of hydrogen-bond acceptors (Lipinski definition) is 3. The van der Waals surface area contributed by atoms with Gasteiger partial charge in [-0.05, 0) is 29.3 Å². The minimum atomic E-state index is -4.42. The highest BCUT2D eigenvalue weighted by molar-refractivity contribution is 6.06. The lowest BCUT2D eigenvalue weighted by atomic mass is 10.1. The number of hydrogen-bond donors (Lipinski definition) is 3. The molecule has 0 bridgehead atoms. The van der Waals surface area contributed by atoms with Crippen LogP contribution in [0, 0.1) is 0 Å². The summed E-state index contributed by atoms with van der Waals surface area (Å²) >= 11 is 0. The number of urea groups is 1. The van der Waals surface area contributed by atoms with Gasteiger partial charge in [0.1, 0.15) is 5.65 Å². The maximum absolute atomic E-state index is 12.8. The van der Waals surface area contributed by atoms with Gasteiger partial charge in [-0.15, -0.1) is 0 Å². The summed E-state index contributed by atoms with van der Waals surface area (Å²) in [7, 11) is 0. The fourth-order valence-corrected chi connectivity index (χ4v) is 3.51. The first kappa shape index (κ1) is 22.8. The molecule has 3 amide bonds. The summed E-state index contributed by atoms with van der Waals surface area (Å²) in [6.07, 6.45) is -1.49. The summed E-state index contributed by atoms with van der Waals surface area (Å²) in [5.41, 5.74) is 7.23. The van der Waals surface area contributed by atoms with E-state index in [0.717, 1.165) is 17.7 Å². The zero-order chi connectivity index (χ0) is 24.3. The molecule has 0 atom stereocenters. The molecule has 7 nitrogen and oxygen atoms in total. The third-order valence-corrected chi connectivity index (χ3v) is 5.17. The standard InChI is InChI=1S/C24H20F3N5O2/c25-24(26,27)17-8-6-16(7-9-17)13-32-14-20(21(28)33)19-10-18(12-29-22(19)32)31-23(34)30-11-15-4-2-1-3-5-15/h1-10,12,14H,11,13H2,(H2,28,33)(H2,30,31,34). The predicted molar refractivity (Wildman–Crippen MR) is 121 cm³/mol. The van der Waals surface area contributed by atoms with E-state index >= 15 is 0 Å². The van der Waals surface area contributed by atoms with Crippen molar-refractivity contribution in [2.24, 2.45) is 5.73 Å². The summed E-state index contributed by atoms with van der Waals surface area (Å²) in [5.74, 6) is -0.691. The molecular weight excluding hydrogens is 447 g/mol. The lowest BCUT2D eigenvalue weighted by Gasteiger charge is -2.10. The highest BCUT2D eigenvalue weighted by Gasteiger charge is 2.30. The number of alkyl halides is 3. The molecule has 4 rings (SSSR count). The van der Waals surface area contributed by atoms with Crippen molar-refractivity contribution in [1.29, 1.82) is 0 Å². The quantitative estimate of drug-likeness (QED) is 0.388. The van der Waals surface area contributed by atoms with Gasteiger partial charge in [0.25, 0.3) is 5.91 Å². The van der Waals surface area contributed by atoms with Crippen LogP contribution in [-0.2, 0) is 19.3 Å². The van der Waals surface area contributed by atoms with Gasteiger partial charge in [0.15, 0.2) is 0 Å². The van der Waals surface area contributed by atoms with E-state index in [0.29, 0.717) is 28.8 Å². The molecule has 0 aliphatic rings. The number of carbonyl (C=O) groups excluding carboxylic acids is 2. The maximum Gasteiger partial charge on any atom is 0.416 e. The molecule has 0 aliphatic carbocycles. The molecule has 34 heavy (non-hydrogen) atoms. The Morgan fingerprint density at radius 3 is 2.35 bits per heavy atom. The first-order valence-electron chi connectivity index (χ1n) is 10.2. The van der Waals surface area contributed by atoms with Crippen LogP contribution in [0.15, 0.2) is 73.1 Å². The van der Waals surface area contributed by atoms with Crippen LogP contribution in [0.25, 0.3) is 11.0 Å². The van der Waals surface area contributed by atoms with Gasteiger partial charge >= 0.3 is 12.2 Å². The van der Waals surface area contributed by atoms with Gasteiger partial charge in [-0.1, -0.05) is 42.5 Å². The van der Waals surface area contributed by atoms with E-state index in [1.165, 1.54) is 24.5 Å². The smallest absolute Gasteiger partial charge is 0.366 e. The number of nitrogens with one attached hydrogen (secondary N) is 2. The molecule has 0 unspecified atom stereocenters. The van der Waals surface area contributed by atoms with E-state index in [1.54, 1.807) is 10.6 Å². The average Bonchev–Trinajstić information content (AvgIpc) is 3.16. The van der Waals surface area contributed by atoms with Crippen LogP contribution >= 0.6 is 0 Å². The Morgan fingerprint density at radius 2 is 1.71 bits per heavy atom. The van der Waals surface area contributed by atoms with Crippen molar-refractivity contribution in [3.05, 3.63) is 95.3 Å². The van der Waals surface area contributed by atoms with E-state index in [2.05, 4.69) is 15.6 Å². The molecule has 0 radical (unpaired) electrons. The van der Waals surface area contributed by atoms with Crippen molar-refractivity contribution in [2.75, 3.05) is 5.32 Å². The summed E-state index contributed by atoms with van der Waals surface area (Å²) in [6, 6.07) is 15.2. The van der Waals surface area contributed by atoms with E-state index in [1.807, 2.05) is 30.3 Å². The molecule has 2 aromatic heterocycles. The second-order valence-electron chi connectivity index (χ2n) is 7.62. The number of aromatic nitrogens is 2. The van der Waals surface area contributed by atoms with Crippen molar-refractivity contribution in [3.63, 3.8) is 0 Å². The monoisotopic (exact) mass is 467 g/mol. The fourth-order valence-electron chi connectivity index (χ4n) is 3.51. The van der Waals surface area contributed by atoms with Crippen molar-refractivity contribution in [1.82, 2.24) is 14.9 Å². The van der Waals surface area contributed by atoms with Gasteiger partial charge in [0, 0.05) is 24.7 Å². The second kappa shape index (κ2) is 9.26. The first-order valence-corrected chi connectivity index (χ1v) is 10.2. The molecule has 4 aromatic rings. The minimum Gasteiger partial charge on any atom is -0.366 e. The van der Waals surface area contributed by atoms with Gasteiger partial charge in [-0.25, -0.2) is 9.78 Å². The molecule has 4 N–H and O–H groups in total. The van der Waals surface area contributed by atoms with Crippen LogP contribution in [0.4, 0.5) is 23.7 Å². The Labute approximate surface area is 192 Å². The van der Waals surface area contributed by atoms with E-state index in [9.17, 15) is 22.8 Å². The third kappa shape index (κ3) is 5.17. The third-order valence-electron chi connectivity index (χ3n) is 5.17. The van der Waals surface area contributed by atoms with E-state index in [4.69, 9.17) is 5.73 Å². The van der Waals surface area contributed by atoms with Crippen molar-refractivity contribution in [2.45, 2.75) is 19.3 Å². The van der Waals surface area contributed by atoms with Gasteiger partial charge in [-0.3, -0.25) is 4.79 Å². The fraction of sp³-hybridized carbons (Fsp3) is 0.125. The molecule has 174 valence electrons. The molecular formula is C24H20F3N5O2. The Bertz CT molecular complexity index is 1330. The number of nitrogens with two attached hydrogens (primary N) is 1. The largest absolute Gasteiger partial charge is 0.416 e. The number of anilines is 1. The van der Waals surface area contributed by atoms with E-state index < -0.39 is 23.7 Å². The van der Waals surface area contributed by atoms with Crippen LogP contribution in [-0.4, -0.2) is 21.5 Å². The Morgan fingerprint density at radius 1 is 1.00 bits per heavy atom. The van der Waals surface area contributed by atoms with Crippen LogP contribution in [0.1, 0.15) is 27.0 Å². The molecule has 0 spiro atoms. The lowest BCUT2D eigenvalue weighted by Crippen LogP contribution is -2.28.